The van der Waals surface area contributed by atoms with Gasteiger partial charge in [-0.3, -0.25) is 10.3 Å². The molecular weight excluding hydrogens is 254 g/mol. The van der Waals surface area contributed by atoms with Crippen LogP contribution in [0.4, 0.5) is 0 Å². The van der Waals surface area contributed by atoms with Crippen LogP contribution in [0, 0.1) is 5.41 Å². The van der Waals surface area contributed by atoms with Gasteiger partial charge in [-0.2, -0.15) is 0 Å². The minimum Gasteiger partial charge on any atom is -0.496 e. The van der Waals surface area contributed by atoms with Crippen LogP contribution in [0.3, 0.4) is 0 Å². The van der Waals surface area contributed by atoms with Crippen LogP contribution in [0.5, 0.6) is 5.75 Å². The number of benzene rings is 1. The summed E-state index contributed by atoms with van der Waals surface area (Å²) in [6, 6.07) is 5.63. The van der Waals surface area contributed by atoms with E-state index in [2.05, 4.69) is 11.8 Å². The molecule has 0 spiro atoms. The maximum Gasteiger partial charge on any atom is 0.130 e. The first-order valence-electron chi connectivity index (χ1n) is 6.73. The van der Waals surface area contributed by atoms with E-state index in [-0.39, 0.29) is 5.84 Å². The third-order valence-electron chi connectivity index (χ3n) is 3.02. The third-order valence-corrected chi connectivity index (χ3v) is 3.02. The number of nitrogens with two attached hydrogens (primary N) is 1. The number of hydrogen-bond donors (Lipinski definition) is 3. The number of ether oxygens (including phenoxy) is 1. The maximum atomic E-state index is 9.90. The monoisotopic (exact) mass is 279 g/mol. The fourth-order valence-electron chi connectivity index (χ4n) is 2.14. The Bertz CT molecular complexity index is 467. The molecule has 0 bridgehead atoms. The Kier molecular flexibility index (Phi) is 5.53. The number of methoxy groups -OCH3 is 1. The molecule has 0 radical (unpaired) electrons. The van der Waals surface area contributed by atoms with Crippen LogP contribution in [-0.2, 0) is 6.54 Å². The number of nitrogen functional groups attached to an aromatic ring is 1. The quantitative estimate of drug-likeness (QED) is 0.522. The van der Waals surface area contributed by atoms with Crippen molar-refractivity contribution in [2.45, 2.75) is 32.9 Å². The fourth-order valence-corrected chi connectivity index (χ4v) is 2.14. The lowest BCUT2D eigenvalue weighted by Gasteiger charge is -2.28. The molecule has 20 heavy (non-hydrogen) atoms. The largest absolute Gasteiger partial charge is 0.496 e. The number of nitrogens with zero attached hydrogens (tertiary/aromatic N) is 1. The molecule has 0 aliphatic rings. The summed E-state index contributed by atoms with van der Waals surface area (Å²) in [5, 5.41) is 17.4. The molecule has 4 N–H and O–H groups in total. The Labute approximate surface area is 120 Å². The van der Waals surface area contributed by atoms with Gasteiger partial charge >= 0.3 is 0 Å². The Hall–Kier alpha value is -1.59. The van der Waals surface area contributed by atoms with Crippen molar-refractivity contribution in [1.29, 1.82) is 5.41 Å². The second kappa shape index (κ2) is 6.72. The van der Waals surface area contributed by atoms with E-state index >= 15 is 0 Å². The molecule has 0 amide bonds. The first-order valence-corrected chi connectivity index (χ1v) is 6.73. The van der Waals surface area contributed by atoms with Gasteiger partial charge in [0.25, 0.3) is 0 Å². The molecule has 0 aromatic heterocycles. The molecule has 0 aliphatic carbocycles. The highest BCUT2D eigenvalue weighted by atomic mass is 16.5. The van der Waals surface area contributed by atoms with Gasteiger partial charge in [-0.15, -0.1) is 0 Å². The topological polar surface area (TPSA) is 82.6 Å². The summed E-state index contributed by atoms with van der Waals surface area (Å²) < 4.78 is 5.27. The lowest BCUT2D eigenvalue weighted by molar-refractivity contribution is 0.0353. The van der Waals surface area contributed by atoms with E-state index < -0.39 is 5.60 Å². The Morgan fingerprint density at radius 1 is 1.45 bits per heavy atom. The van der Waals surface area contributed by atoms with Crippen molar-refractivity contribution in [3.63, 3.8) is 0 Å². The lowest BCUT2D eigenvalue weighted by atomic mass is 10.1. The molecule has 0 unspecified atom stereocenters. The minimum atomic E-state index is -0.723. The van der Waals surface area contributed by atoms with Crippen LogP contribution in [-0.4, -0.2) is 41.6 Å². The standard InChI is InChI=1S/C15H25N3O2/c1-5-18(10-15(2,3)19)9-11-6-7-12(14(16)17)13(8-11)20-4/h6-8,19H,5,9-10H2,1-4H3,(H3,16,17). The van der Waals surface area contributed by atoms with Crippen molar-refractivity contribution < 1.29 is 9.84 Å². The Balaban J connectivity index is 2.89. The van der Waals surface area contributed by atoms with Crippen molar-refractivity contribution >= 4 is 5.84 Å². The number of likely N-dealkylation sites (N-methyl/N-ethyl adjacent to an activating group) is 1. The molecule has 0 heterocycles. The molecule has 0 fully saturated rings. The first kappa shape index (κ1) is 16.5. The molecule has 5 heteroatoms. The highest BCUT2D eigenvalue weighted by molar-refractivity contribution is 5.97. The summed E-state index contributed by atoms with van der Waals surface area (Å²) in [6.07, 6.45) is 0. The normalized spacial score (nSPS) is 11.7. The summed E-state index contributed by atoms with van der Waals surface area (Å²) in [5.41, 5.74) is 6.45. The third kappa shape index (κ3) is 4.83. The number of rotatable bonds is 7. The van der Waals surface area contributed by atoms with Crippen molar-refractivity contribution in [3.8, 4) is 5.75 Å². The average molecular weight is 279 g/mol. The predicted molar refractivity (Wildman–Crippen MR) is 81.3 cm³/mol. The molecule has 1 aromatic carbocycles. The second-order valence-corrected chi connectivity index (χ2v) is 5.56. The van der Waals surface area contributed by atoms with Gasteiger partial charge in [-0.1, -0.05) is 13.0 Å². The van der Waals surface area contributed by atoms with E-state index in [1.54, 1.807) is 27.0 Å². The van der Waals surface area contributed by atoms with Crippen molar-refractivity contribution in [3.05, 3.63) is 29.3 Å². The van der Waals surface area contributed by atoms with Crippen LogP contribution < -0.4 is 10.5 Å². The fraction of sp³-hybridized carbons (Fsp3) is 0.533. The molecule has 5 nitrogen and oxygen atoms in total. The summed E-state index contributed by atoms with van der Waals surface area (Å²) in [5.74, 6) is 0.603. The number of nitrogens with one attached hydrogen (secondary N) is 1. The van der Waals surface area contributed by atoms with Crippen molar-refractivity contribution in [2.75, 3.05) is 20.2 Å². The molecular formula is C15H25N3O2. The van der Waals surface area contributed by atoms with E-state index in [1.807, 2.05) is 12.1 Å². The van der Waals surface area contributed by atoms with Crippen LogP contribution in [0.15, 0.2) is 18.2 Å². The molecule has 0 saturated heterocycles. The number of hydrogen-bond acceptors (Lipinski definition) is 4. The van der Waals surface area contributed by atoms with Gasteiger partial charge in [-0.05, 0) is 38.1 Å². The molecule has 1 aromatic rings. The van der Waals surface area contributed by atoms with Crippen LogP contribution in [0.25, 0.3) is 0 Å². The molecule has 0 saturated carbocycles. The van der Waals surface area contributed by atoms with Gasteiger partial charge in [0.2, 0.25) is 0 Å². The molecule has 1 rings (SSSR count). The smallest absolute Gasteiger partial charge is 0.130 e. The van der Waals surface area contributed by atoms with E-state index in [1.165, 1.54) is 0 Å². The van der Waals surface area contributed by atoms with E-state index in [0.717, 1.165) is 18.7 Å². The number of amidine groups is 1. The number of aliphatic hydroxyl groups is 1. The minimum absolute atomic E-state index is 0.00256. The maximum absolute atomic E-state index is 9.90. The Morgan fingerprint density at radius 3 is 2.55 bits per heavy atom. The summed E-state index contributed by atoms with van der Waals surface area (Å²) in [7, 11) is 1.57. The van der Waals surface area contributed by atoms with Crippen molar-refractivity contribution in [2.24, 2.45) is 5.73 Å². The summed E-state index contributed by atoms with van der Waals surface area (Å²) >= 11 is 0. The summed E-state index contributed by atoms with van der Waals surface area (Å²) in [4.78, 5) is 2.15. The van der Waals surface area contributed by atoms with Gasteiger partial charge < -0.3 is 15.6 Å². The highest BCUT2D eigenvalue weighted by Crippen LogP contribution is 2.21. The van der Waals surface area contributed by atoms with Gasteiger partial charge in [-0.25, -0.2) is 0 Å². The Morgan fingerprint density at radius 2 is 2.10 bits per heavy atom. The van der Waals surface area contributed by atoms with E-state index in [0.29, 0.717) is 17.9 Å². The summed E-state index contributed by atoms with van der Waals surface area (Å²) in [6.45, 7) is 7.83. The van der Waals surface area contributed by atoms with Crippen LogP contribution in [0.2, 0.25) is 0 Å². The highest BCUT2D eigenvalue weighted by Gasteiger charge is 2.17. The average Bonchev–Trinajstić information content (AvgIpc) is 2.35. The molecule has 112 valence electrons. The zero-order chi connectivity index (χ0) is 15.3. The lowest BCUT2D eigenvalue weighted by Crippen LogP contribution is -2.38. The van der Waals surface area contributed by atoms with Gasteiger partial charge in [0.1, 0.15) is 11.6 Å². The zero-order valence-electron chi connectivity index (χ0n) is 12.7. The molecule has 0 aliphatic heterocycles. The van der Waals surface area contributed by atoms with E-state index in [9.17, 15) is 5.11 Å². The first-order chi connectivity index (χ1) is 9.26. The van der Waals surface area contributed by atoms with Crippen LogP contribution >= 0.6 is 0 Å². The second-order valence-electron chi connectivity index (χ2n) is 5.56. The SMILES string of the molecule is CCN(Cc1ccc(C(=N)N)c(OC)c1)CC(C)(C)O. The van der Waals surface area contributed by atoms with E-state index in [4.69, 9.17) is 15.9 Å². The van der Waals surface area contributed by atoms with Gasteiger partial charge in [0.05, 0.1) is 18.3 Å². The van der Waals surface area contributed by atoms with Gasteiger partial charge in [0, 0.05) is 13.1 Å². The van der Waals surface area contributed by atoms with Crippen molar-refractivity contribution in [1.82, 2.24) is 4.90 Å². The zero-order valence-corrected chi connectivity index (χ0v) is 12.7. The van der Waals surface area contributed by atoms with Gasteiger partial charge in [0.15, 0.2) is 0 Å². The predicted octanol–water partition coefficient (Wildman–Crippen LogP) is 1.57. The van der Waals surface area contributed by atoms with Crippen LogP contribution in [0.1, 0.15) is 31.9 Å². The molecule has 0 atom stereocenters.